The maximum atomic E-state index is 14.4. The lowest BCUT2D eigenvalue weighted by molar-refractivity contribution is -0.184. The minimum Gasteiger partial charge on any atom is -0.487 e. The van der Waals surface area contributed by atoms with Gasteiger partial charge in [-0.05, 0) is 80.3 Å². The van der Waals surface area contributed by atoms with Gasteiger partial charge in [-0.1, -0.05) is 63.4 Å². The van der Waals surface area contributed by atoms with Crippen LogP contribution in [0.4, 0.5) is 0 Å². The summed E-state index contributed by atoms with van der Waals surface area (Å²) in [4.78, 5) is 27.6. The van der Waals surface area contributed by atoms with Crippen LogP contribution in [0.3, 0.4) is 0 Å². The quantitative estimate of drug-likeness (QED) is 0.268. The standard InChI is InChI=1S/C32H32BrCl2NO5/c1-32(2)26-17-25(31(39)36(13-12-29(37)38)18-19-6-8-22(34)9-7-19)28(15-20-4-3-5-21(33)14-20)40-30(26)24-16-23(35)10-11-27(24)41-32/h3-11,14,16,25-26,28,30H,12-13,15,17-18H2,1-2H3,(H,37,38)/t25-,26-,28-,30+/m1/s1. The van der Waals surface area contributed by atoms with Gasteiger partial charge in [0.1, 0.15) is 11.4 Å². The molecule has 3 aromatic carbocycles. The van der Waals surface area contributed by atoms with E-state index in [1.54, 1.807) is 17.0 Å². The molecule has 1 amide bonds. The van der Waals surface area contributed by atoms with Gasteiger partial charge in [0.25, 0.3) is 0 Å². The van der Waals surface area contributed by atoms with E-state index in [0.717, 1.165) is 26.9 Å². The van der Waals surface area contributed by atoms with Gasteiger partial charge in [-0.2, -0.15) is 0 Å². The van der Waals surface area contributed by atoms with E-state index in [1.165, 1.54) is 0 Å². The Hall–Kier alpha value is -2.58. The molecule has 2 aliphatic rings. The average molecular weight is 661 g/mol. The molecular weight excluding hydrogens is 629 g/mol. The molecule has 0 aliphatic carbocycles. The molecule has 1 N–H and O–H groups in total. The second-order valence-corrected chi connectivity index (χ2v) is 13.1. The van der Waals surface area contributed by atoms with E-state index in [2.05, 4.69) is 15.9 Å². The molecule has 216 valence electrons. The van der Waals surface area contributed by atoms with Crippen molar-refractivity contribution < 1.29 is 24.2 Å². The van der Waals surface area contributed by atoms with E-state index in [-0.39, 0.29) is 37.4 Å². The highest BCUT2D eigenvalue weighted by Crippen LogP contribution is 2.53. The number of aliphatic carboxylic acids is 1. The SMILES string of the molecule is CC1(C)Oc2ccc(Cl)cc2[C@@H]2O[C@H](Cc3cccc(Br)c3)[C@H](C(=O)N(CCC(=O)O)Cc3ccc(Cl)cc3)C[C@H]21. The van der Waals surface area contributed by atoms with Crippen LogP contribution in [0.1, 0.15) is 49.5 Å². The Kier molecular flexibility index (Phi) is 9.00. The minimum atomic E-state index is -0.958. The molecule has 1 fully saturated rings. The average Bonchev–Trinajstić information content (AvgIpc) is 2.92. The minimum absolute atomic E-state index is 0.0866. The van der Waals surface area contributed by atoms with Crippen molar-refractivity contribution in [2.75, 3.05) is 6.54 Å². The number of ether oxygens (including phenoxy) is 2. The third kappa shape index (κ3) is 6.91. The first-order valence-electron chi connectivity index (χ1n) is 13.6. The molecule has 3 aromatic rings. The summed E-state index contributed by atoms with van der Waals surface area (Å²) < 4.78 is 14.3. The zero-order valence-corrected chi connectivity index (χ0v) is 26.0. The maximum absolute atomic E-state index is 14.4. The van der Waals surface area contributed by atoms with Gasteiger partial charge >= 0.3 is 5.97 Å². The molecular formula is C32H32BrCl2NO5. The predicted octanol–water partition coefficient (Wildman–Crippen LogP) is 7.74. The van der Waals surface area contributed by atoms with Crippen LogP contribution in [0.2, 0.25) is 10.0 Å². The van der Waals surface area contributed by atoms with Gasteiger partial charge in [0, 0.05) is 39.1 Å². The number of carboxylic acid groups (broad SMARTS) is 1. The van der Waals surface area contributed by atoms with Crippen LogP contribution in [0.25, 0.3) is 0 Å². The van der Waals surface area contributed by atoms with E-state index in [9.17, 15) is 14.7 Å². The summed E-state index contributed by atoms with van der Waals surface area (Å²) in [5.74, 6) is -0.998. The number of carbonyl (C=O) groups excluding carboxylic acids is 1. The number of hydrogen-bond acceptors (Lipinski definition) is 4. The predicted molar refractivity (Wildman–Crippen MR) is 162 cm³/mol. The second-order valence-electron chi connectivity index (χ2n) is 11.3. The van der Waals surface area contributed by atoms with Gasteiger partial charge in [-0.25, -0.2) is 0 Å². The monoisotopic (exact) mass is 659 g/mol. The first-order valence-corrected chi connectivity index (χ1v) is 15.2. The van der Waals surface area contributed by atoms with Crippen molar-refractivity contribution in [3.63, 3.8) is 0 Å². The Morgan fingerprint density at radius 2 is 1.76 bits per heavy atom. The van der Waals surface area contributed by atoms with Gasteiger partial charge in [-0.15, -0.1) is 0 Å². The summed E-state index contributed by atoms with van der Waals surface area (Å²) in [5.41, 5.74) is 2.19. The normalized spacial score (nSPS) is 22.7. The van der Waals surface area contributed by atoms with Crippen molar-refractivity contribution in [1.82, 2.24) is 4.90 Å². The second kappa shape index (κ2) is 12.3. The third-order valence-electron chi connectivity index (χ3n) is 8.02. The van der Waals surface area contributed by atoms with Crippen LogP contribution in [0.15, 0.2) is 71.2 Å². The van der Waals surface area contributed by atoms with E-state index in [4.69, 9.17) is 32.7 Å². The van der Waals surface area contributed by atoms with Crippen LogP contribution in [-0.2, 0) is 27.3 Å². The number of halogens is 3. The first kappa shape index (κ1) is 29.9. The van der Waals surface area contributed by atoms with Gasteiger partial charge < -0.3 is 19.5 Å². The van der Waals surface area contributed by atoms with Crippen molar-refractivity contribution in [3.8, 4) is 5.75 Å². The number of benzene rings is 3. The highest BCUT2D eigenvalue weighted by molar-refractivity contribution is 9.10. The van der Waals surface area contributed by atoms with Crippen LogP contribution in [-0.4, -0.2) is 40.1 Å². The molecule has 4 atom stereocenters. The Morgan fingerprint density at radius 1 is 1.02 bits per heavy atom. The number of hydrogen-bond donors (Lipinski definition) is 1. The maximum Gasteiger partial charge on any atom is 0.305 e. The molecule has 5 rings (SSSR count). The number of carbonyl (C=O) groups is 2. The van der Waals surface area contributed by atoms with Gasteiger partial charge in [0.15, 0.2) is 0 Å². The number of amides is 1. The molecule has 1 saturated heterocycles. The lowest BCUT2D eigenvalue weighted by Gasteiger charge is -2.51. The van der Waals surface area contributed by atoms with Gasteiger partial charge in [0.05, 0.1) is 24.5 Å². The Bertz CT molecular complexity index is 1430. The molecule has 0 spiro atoms. The third-order valence-corrected chi connectivity index (χ3v) is 9.01. The number of rotatable bonds is 8. The topological polar surface area (TPSA) is 76.1 Å². The fourth-order valence-corrected chi connectivity index (χ4v) is 6.70. The summed E-state index contributed by atoms with van der Waals surface area (Å²) in [6.45, 7) is 4.41. The highest BCUT2D eigenvalue weighted by Gasteiger charge is 2.52. The Balaban J connectivity index is 1.51. The summed E-state index contributed by atoms with van der Waals surface area (Å²) in [5, 5.41) is 10.6. The number of fused-ring (bicyclic) bond motifs is 3. The lowest BCUT2D eigenvalue weighted by Crippen LogP contribution is -2.54. The molecule has 2 heterocycles. The van der Waals surface area contributed by atoms with E-state index in [0.29, 0.717) is 22.9 Å². The van der Waals surface area contributed by atoms with E-state index < -0.39 is 23.6 Å². The van der Waals surface area contributed by atoms with E-state index >= 15 is 0 Å². The lowest BCUT2D eigenvalue weighted by atomic mass is 9.71. The van der Waals surface area contributed by atoms with Crippen molar-refractivity contribution in [2.24, 2.45) is 11.8 Å². The Morgan fingerprint density at radius 3 is 2.46 bits per heavy atom. The highest BCUT2D eigenvalue weighted by atomic mass is 79.9. The van der Waals surface area contributed by atoms with Crippen molar-refractivity contribution in [1.29, 1.82) is 0 Å². The number of nitrogens with zero attached hydrogens (tertiary/aromatic N) is 1. The van der Waals surface area contributed by atoms with Crippen molar-refractivity contribution >= 4 is 51.0 Å². The largest absolute Gasteiger partial charge is 0.487 e. The first-order chi connectivity index (χ1) is 19.5. The van der Waals surface area contributed by atoms with Crippen LogP contribution < -0.4 is 4.74 Å². The fraction of sp³-hybridized carbons (Fsp3) is 0.375. The van der Waals surface area contributed by atoms with Crippen LogP contribution in [0, 0.1) is 11.8 Å². The fourth-order valence-electron chi connectivity index (χ4n) is 5.95. The van der Waals surface area contributed by atoms with Gasteiger partial charge in [0.2, 0.25) is 5.91 Å². The van der Waals surface area contributed by atoms with E-state index in [1.807, 2.05) is 68.4 Å². The molecule has 41 heavy (non-hydrogen) atoms. The van der Waals surface area contributed by atoms with Crippen LogP contribution >= 0.6 is 39.1 Å². The Labute approximate surface area is 258 Å². The zero-order chi connectivity index (χ0) is 29.3. The summed E-state index contributed by atoms with van der Waals surface area (Å²) >= 11 is 16.0. The molecule has 6 nitrogen and oxygen atoms in total. The molecule has 2 aliphatic heterocycles. The van der Waals surface area contributed by atoms with Crippen molar-refractivity contribution in [2.45, 2.75) is 57.5 Å². The smallest absolute Gasteiger partial charge is 0.305 e. The summed E-state index contributed by atoms with van der Waals surface area (Å²) in [7, 11) is 0. The molecule has 0 saturated carbocycles. The molecule has 0 aromatic heterocycles. The molecule has 0 unspecified atom stereocenters. The van der Waals surface area contributed by atoms with Gasteiger partial charge in [-0.3, -0.25) is 9.59 Å². The molecule has 0 radical (unpaired) electrons. The number of carboxylic acids is 1. The zero-order valence-electron chi connectivity index (χ0n) is 22.9. The molecule has 9 heteroatoms. The summed E-state index contributed by atoms with van der Waals surface area (Å²) in [6.07, 6.45) is 0.124. The van der Waals surface area contributed by atoms with Crippen LogP contribution in [0.5, 0.6) is 5.75 Å². The van der Waals surface area contributed by atoms with Crippen molar-refractivity contribution in [3.05, 3.63) is 97.9 Å². The summed E-state index contributed by atoms with van der Waals surface area (Å²) in [6, 6.07) is 20.8. The molecule has 0 bridgehead atoms.